The summed E-state index contributed by atoms with van der Waals surface area (Å²) in [5.41, 5.74) is 0.684. The summed E-state index contributed by atoms with van der Waals surface area (Å²) in [4.78, 5) is 11.0. The molecule has 1 aromatic rings. The van der Waals surface area contributed by atoms with Gasteiger partial charge in [-0.25, -0.2) is 12.8 Å². The number of thioether (sulfide) groups is 1. The van der Waals surface area contributed by atoms with E-state index in [0.29, 0.717) is 16.9 Å². The average Bonchev–Trinajstić information content (AvgIpc) is 2.45. The van der Waals surface area contributed by atoms with Crippen molar-refractivity contribution >= 4 is 39.7 Å². The SMILES string of the molecule is CCS(=O)(=O)C1Sc2cc(Cl)c(F)cc2CC1COC=O. The van der Waals surface area contributed by atoms with Gasteiger partial charge in [0.25, 0.3) is 6.47 Å². The molecule has 0 aliphatic carbocycles. The summed E-state index contributed by atoms with van der Waals surface area (Å²) in [6.45, 7) is 1.85. The molecule has 2 unspecified atom stereocenters. The summed E-state index contributed by atoms with van der Waals surface area (Å²) >= 11 is 6.89. The largest absolute Gasteiger partial charge is 0.468 e. The van der Waals surface area contributed by atoms with Crippen molar-refractivity contribution in [2.75, 3.05) is 12.4 Å². The fourth-order valence-electron chi connectivity index (χ4n) is 2.27. The number of fused-ring (bicyclic) bond motifs is 1. The van der Waals surface area contributed by atoms with Gasteiger partial charge in [-0.1, -0.05) is 18.5 Å². The third kappa shape index (κ3) is 3.52. The molecule has 21 heavy (non-hydrogen) atoms. The van der Waals surface area contributed by atoms with Gasteiger partial charge >= 0.3 is 0 Å². The molecule has 0 bridgehead atoms. The molecule has 0 N–H and O–H groups in total. The molecular weight excluding hydrogens is 339 g/mol. The van der Waals surface area contributed by atoms with Gasteiger partial charge < -0.3 is 4.74 Å². The Morgan fingerprint density at radius 3 is 2.86 bits per heavy atom. The molecule has 0 fully saturated rings. The maximum atomic E-state index is 13.5. The second-order valence-corrected chi connectivity index (χ2v) is 9.01. The number of ether oxygens (including phenoxy) is 1. The van der Waals surface area contributed by atoms with Gasteiger partial charge in [-0.3, -0.25) is 4.79 Å². The monoisotopic (exact) mass is 352 g/mol. The summed E-state index contributed by atoms with van der Waals surface area (Å²) < 4.78 is 42.0. The van der Waals surface area contributed by atoms with Gasteiger partial charge in [-0.2, -0.15) is 0 Å². The Morgan fingerprint density at radius 2 is 2.24 bits per heavy atom. The number of hydrogen-bond acceptors (Lipinski definition) is 5. The lowest BCUT2D eigenvalue weighted by Crippen LogP contribution is -2.35. The molecule has 0 saturated heterocycles. The number of halogens is 2. The molecular formula is C13H14ClFO4S2. The molecule has 116 valence electrons. The molecule has 1 aliphatic rings. The molecule has 0 saturated carbocycles. The van der Waals surface area contributed by atoms with Crippen molar-refractivity contribution in [1.82, 2.24) is 0 Å². The van der Waals surface area contributed by atoms with E-state index in [0.717, 1.165) is 11.8 Å². The lowest BCUT2D eigenvalue weighted by molar-refractivity contribution is -0.129. The second kappa shape index (κ2) is 6.54. The fourth-order valence-corrected chi connectivity index (χ4v) is 5.99. The van der Waals surface area contributed by atoms with Crippen molar-refractivity contribution in [3.05, 3.63) is 28.5 Å². The standard InChI is InChI=1S/C13H14ClFO4S2/c1-2-21(17,18)13-9(6-19-7-16)3-8-4-11(15)10(14)5-12(8)20-13/h4-5,7,9,13H,2-3,6H2,1H3. The molecule has 8 heteroatoms. The number of carbonyl (C=O) groups is 1. The summed E-state index contributed by atoms with van der Waals surface area (Å²) in [5.74, 6) is -0.951. The van der Waals surface area contributed by atoms with Crippen molar-refractivity contribution in [3.63, 3.8) is 0 Å². The van der Waals surface area contributed by atoms with E-state index in [1.54, 1.807) is 6.92 Å². The number of carbonyl (C=O) groups excluding carboxylic acids is 1. The van der Waals surface area contributed by atoms with Crippen LogP contribution in [0.4, 0.5) is 4.39 Å². The smallest absolute Gasteiger partial charge is 0.293 e. The van der Waals surface area contributed by atoms with Gasteiger partial charge in [-0.05, 0) is 24.1 Å². The summed E-state index contributed by atoms with van der Waals surface area (Å²) in [6.07, 6.45) is 0.328. The molecule has 1 aromatic carbocycles. The van der Waals surface area contributed by atoms with Gasteiger partial charge in [0.2, 0.25) is 0 Å². The third-order valence-electron chi connectivity index (χ3n) is 3.35. The quantitative estimate of drug-likeness (QED) is 0.762. The van der Waals surface area contributed by atoms with Crippen LogP contribution in [0, 0.1) is 11.7 Å². The van der Waals surface area contributed by atoms with Crippen LogP contribution in [0.3, 0.4) is 0 Å². The third-order valence-corrected chi connectivity index (χ3v) is 7.95. The van der Waals surface area contributed by atoms with Crippen LogP contribution in [0.2, 0.25) is 5.02 Å². The van der Waals surface area contributed by atoms with Gasteiger partial charge in [0, 0.05) is 16.6 Å². The van der Waals surface area contributed by atoms with Crippen LogP contribution in [-0.4, -0.2) is 31.8 Å². The van der Waals surface area contributed by atoms with Crippen LogP contribution < -0.4 is 0 Å². The molecule has 2 rings (SSSR count). The predicted octanol–water partition coefficient (Wildman–Crippen LogP) is 2.68. The van der Waals surface area contributed by atoms with Gasteiger partial charge in [0.05, 0.1) is 11.6 Å². The number of benzene rings is 1. The lowest BCUT2D eigenvalue weighted by Gasteiger charge is -2.31. The van der Waals surface area contributed by atoms with E-state index in [1.807, 2.05) is 0 Å². The Morgan fingerprint density at radius 1 is 1.52 bits per heavy atom. The number of rotatable bonds is 5. The molecule has 2 atom stereocenters. The maximum Gasteiger partial charge on any atom is 0.293 e. The molecule has 1 aliphatic heterocycles. The van der Waals surface area contributed by atoms with Crippen LogP contribution in [0.1, 0.15) is 12.5 Å². The molecule has 0 aromatic heterocycles. The van der Waals surface area contributed by atoms with Crippen LogP contribution in [-0.2, 0) is 25.8 Å². The minimum atomic E-state index is -3.34. The van der Waals surface area contributed by atoms with Crippen molar-refractivity contribution in [2.24, 2.45) is 5.92 Å². The van der Waals surface area contributed by atoms with Gasteiger partial charge in [0.1, 0.15) is 10.4 Å². The molecule has 1 heterocycles. The number of hydrogen-bond donors (Lipinski definition) is 0. The summed E-state index contributed by atoms with van der Waals surface area (Å²) in [7, 11) is -3.34. The molecule has 0 spiro atoms. The Kier molecular flexibility index (Phi) is 5.16. The summed E-state index contributed by atoms with van der Waals surface area (Å²) in [5, 5.41) is -0.0310. The maximum absolute atomic E-state index is 13.5. The van der Waals surface area contributed by atoms with E-state index in [1.165, 1.54) is 12.1 Å². The van der Waals surface area contributed by atoms with E-state index in [4.69, 9.17) is 16.3 Å². The zero-order chi connectivity index (χ0) is 15.6. The van der Waals surface area contributed by atoms with Crippen molar-refractivity contribution in [2.45, 2.75) is 22.8 Å². The molecule has 4 nitrogen and oxygen atoms in total. The Bertz CT molecular complexity index is 648. The minimum absolute atomic E-state index is 0.00742. The minimum Gasteiger partial charge on any atom is -0.468 e. The average molecular weight is 353 g/mol. The van der Waals surface area contributed by atoms with Crippen molar-refractivity contribution in [3.8, 4) is 0 Å². The van der Waals surface area contributed by atoms with E-state index < -0.39 is 26.2 Å². The highest BCUT2D eigenvalue weighted by Crippen LogP contribution is 2.43. The highest BCUT2D eigenvalue weighted by atomic mass is 35.5. The first-order chi connectivity index (χ1) is 9.89. The predicted molar refractivity (Wildman–Crippen MR) is 79.7 cm³/mol. The molecule has 0 radical (unpaired) electrons. The topological polar surface area (TPSA) is 60.4 Å². The van der Waals surface area contributed by atoms with E-state index in [-0.39, 0.29) is 23.9 Å². The van der Waals surface area contributed by atoms with E-state index in [9.17, 15) is 17.6 Å². The highest BCUT2D eigenvalue weighted by molar-refractivity contribution is 8.13. The Hall–Kier alpha value is -0.790. The highest BCUT2D eigenvalue weighted by Gasteiger charge is 2.38. The van der Waals surface area contributed by atoms with E-state index >= 15 is 0 Å². The zero-order valence-electron chi connectivity index (χ0n) is 11.2. The van der Waals surface area contributed by atoms with E-state index in [2.05, 4.69) is 0 Å². The summed E-state index contributed by atoms with van der Waals surface area (Å²) in [6, 6.07) is 2.76. The van der Waals surface area contributed by atoms with Crippen LogP contribution in [0.25, 0.3) is 0 Å². The van der Waals surface area contributed by atoms with Crippen LogP contribution in [0.5, 0.6) is 0 Å². The lowest BCUT2D eigenvalue weighted by atomic mass is 10.0. The first-order valence-corrected chi connectivity index (χ1v) is 9.27. The molecule has 0 amide bonds. The van der Waals surface area contributed by atoms with Crippen molar-refractivity contribution in [1.29, 1.82) is 0 Å². The Labute approximate surface area is 131 Å². The van der Waals surface area contributed by atoms with Crippen LogP contribution >= 0.6 is 23.4 Å². The normalized spacial score (nSPS) is 21.7. The van der Waals surface area contributed by atoms with Gasteiger partial charge in [-0.15, -0.1) is 11.8 Å². The second-order valence-electron chi connectivity index (χ2n) is 4.71. The first-order valence-electron chi connectivity index (χ1n) is 6.30. The first kappa shape index (κ1) is 16.6. The number of sulfone groups is 1. The zero-order valence-corrected chi connectivity index (χ0v) is 13.6. The van der Waals surface area contributed by atoms with Crippen molar-refractivity contribution < 1.29 is 22.3 Å². The van der Waals surface area contributed by atoms with Crippen LogP contribution in [0.15, 0.2) is 17.0 Å². The Balaban J connectivity index is 2.40. The fraction of sp³-hybridized carbons (Fsp3) is 0.462. The van der Waals surface area contributed by atoms with Gasteiger partial charge in [0.15, 0.2) is 9.84 Å².